The van der Waals surface area contributed by atoms with E-state index >= 15 is 0 Å². The minimum absolute atomic E-state index is 0.00318. The van der Waals surface area contributed by atoms with Gasteiger partial charge in [-0.2, -0.15) is 13.2 Å². The summed E-state index contributed by atoms with van der Waals surface area (Å²) < 4.78 is 52.8. The first kappa shape index (κ1) is 23.2. The molecule has 0 spiro atoms. The smallest absolute Gasteiger partial charge is 0.419 e. The van der Waals surface area contributed by atoms with Gasteiger partial charge in [0.25, 0.3) is 0 Å². The Balaban J connectivity index is 1.65. The van der Waals surface area contributed by atoms with Gasteiger partial charge in [-0.1, -0.05) is 49.3 Å². The van der Waals surface area contributed by atoms with Crippen LogP contribution in [0.15, 0.2) is 48.5 Å². The fourth-order valence-electron chi connectivity index (χ4n) is 4.51. The van der Waals surface area contributed by atoms with Crippen LogP contribution in [0.2, 0.25) is 0 Å². The van der Waals surface area contributed by atoms with E-state index in [2.05, 4.69) is 11.8 Å². The van der Waals surface area contributed by atoms with Crippen LogP contribution in [0.4, 0.5) is 13.2 Å². The van der Waals surface area contributed by atoms with Crippen LogP contribution in [0.5, 0.6) is 11.5 Å². The molecule has 2 aromatic carbocycles. The van der Waals surface area contributed by atoms with E-state index in [1.54, 1.807) is 30.3 Å². The summed E-state index contributed by atoms with van der Waals surface area (Å²) in [5.74, 6) is 6.02. The number of esters is 1. The molecule has 0 saturated heterocycles. The zero-order valence-corrected chi connectivity index (χ0v) is 18.4. The number of carbonyl (C=O) groups excluding carboxylic acids is 1. The van der Waals surface area contributed by atoms with E-state index in [9.17, 15) is 18.0 Å². The molecule has 0 unspecified atom stereocenters. The van der Waals surface area contributed by atoms with E-state index in [1.807, 2.05) is 0 Å². The normalized spacial score (nSPS) is 18.3. The van der Waals surface area contributed by atoms with Gasteiger partial charge in [0.2, 0.25) is 0 Å². The van der Waals surface area contributed by atoms with Gasteiger partial charge in [-0.25, -0.2) is 4.79 Å². The molecule has 0 aromatic heterocycles. The van der Waals surface area contributed by atoms with Gasteiger partial charge in [0.15, 0.2) is 5.60 Å². The number of hydrogen-bond acceptors (Lipinski definition) is 3. The Morgan fingerprint density at radius 3 is 2.30 bits per heavy atom. The lowest BCUT2D eigenvalue weighted by Crippen LogP contribution is -2.37. The summed E-state index contributed by atoms with van der Waals surface area (Å²) >= 11 is 0. The lowest BCUT2D eigenvalue weighted by atomic mass is 9.84. The molecule has 0 N–H and O–H groups in total. The van der Waals surface area contributed by atoms with Crippen LogP contribution in [0, 0.1) is 17.8 Å². The van der Waals surface area contributed by atoms with Gasteiger partial charge in [-0.05, 0) is 68.9 Å². The molecule has 0 bridgehead atoms. The third kappa shape index (κ3) is 5.90. The van der Waals surface area contributed by atoms with Crippen molar-refractivity contribution in [2.75, 3.05) is 0 Å². The van der Waals surface area contributed by atoms with Crippen molar-refractivity contribution in [3.05, 3.63) is 59.7 Å². The monoisotopic (exact) mass is 456 g/mol. The molecule has 0 atom stereocenters. The molecule has 6 heteroatoms. The summed E-state index contributed by atoms with van der Waals surface area (Å²) in [6.07, 6.45) is 3.54. The highest BCUT2D eigenvalue weighted by Gasteiger charge is 2.39. The zero-order valence-electron chi connectivity index (χ0n) is 18.4. The maximum Gasteiger partial charge on any atom is 0.419 e. The summed E-state index contributed by atoms with van der Waals surface area (Å²) in [6.45, 7) is 0. The molecule has 2 saturated carbocycles. The molecule has 2 aliphatic carbocycles. The Morgan fingerprint density at radius 2 is 1.64 bits per heavy atom. The van der Waals surface area contributed by atoms with Gasteiger partial charge in [0.05, 0.1) is 11.1 Å². The number of hydrogen-bond donors (Lipinski definition) is 0. The topological polar surface area (TPSA) is 35.5 Å². The molecule has 0 aliphatic heterocycles. The molecule has 2 aliphatic rings. The van der Waals surface area contributed by atoms with E-state index in [0.717, 1.165) is 63.1 Å². The Bertz CT molecular complexity index is 1020. The van der Waals surface area contributed by atoms with E-state index in [0.29, 0.717) is 18.6 Å². The highest BCUT2D eigenvalue weighted by Crippen LogP contribution is 2.41. The number of ether oxygens (including phenoxy) is 2. The maximum atomic E-state index is 13.8. The lowest BCUT2D eigenvalue weighted by molar-refractivity contribution is -0.139. The maximum absolute atomic E-state index is 13.8. The molecule has 3 nitrogen and oxygen atoms in total. The second-order valence-electron chi connectivity index (χ2n) is 8.82. The average molecular weight is 457 g/mol. The molecule has 4 rings (SSSR count). The molecule has 0 amide bonds. The summed E-state index contributed by atoms with van der Waals surface area (Å²) in [4.78, 5) is 12.6. The molecule has 33 heavy (non-hydrogen) atoms. The van der Waals surface area contributed by atoms with Gasteiger partial charge in [-0.3, -0.25) is 0 Å². The molecule has 2 aromatic rings. The Morgan fingerprint density at radius 1 is 0.939 bits per heavy atom. The number of carbonyl (C=O) groups is 1. The van der Waals surface area contributed by atoms with E-state index in [1.165, 1.54) is 0 Å². The largest absolute Gasteiger partial charge is 0.474 e. The molecule has 174 valence electrons. The van der Waals surface area contributed by atoms with Crippen molar-refractivity contribution in [3.8, 4) is 23.3 Å². The number of para-hydroxylation sites is 1. The van der Waals surface area contributed by atoms with Gasteiger partial charge in [0.1, 0.15) is 11.5 Å². The van der Waals surface area contributed by atoms with Crippen LogP contribution in [-0.2, 0) is 6.18 Å². The third-order valence-corrected chi connectivity index (χ3v) is 6.30. The molecule has 0 radical (unpaired) electrons. The van der Waals surface area contributed by atoms with Crippen LogP contribution in [0.3, 0.4) is 0 Å². The lowest BCUT2D eigenvalue weighted by Gasteiger charge is -2.34. The second-order valence-corrected chi connectivity index (χ2v) is 8.82. The number of benzene rings is 2. The summed E-state index contributed by atoms with van der Waals surface area (Å²) in [5, 5.41) is 0. The number of alkyl halides is 3. The van der Waals surface area contributed by atoms with Crippen molar-refractivity contribution >= 4 is 5.97 Å². The highest BCUT2D eigenvalue weighted by atomic mass is 19.4. The zero-order chi connectivity index (χ0) is 23.3. The predicted octanol–water partition coefficient (Wildman–Crippen LogP) is 7.20. The minimum atomic E-state index is -4.62. The predicted molar refractivity (Wildman–Crippen MR) is 119 cm³/mol. The Kier molecular flexibility index (Phi) is 6.97. The van der Waals surface area contributed by atoms with Crippen molar-refractivity contribution in [3.63, 3.8) is 0 Å². The first-order valence-electron chi connectivity index (χ1n) is 11.5. The number of halogens is 3. The van der Waals surface area contributed by atoms with Crippen LogP contribution in [0.25, 0.3) is 0 Å². The fourth-order valence-corrected chi connectivity index (χ4v) is 4.51. The fraction of sp³-hybridized carbons (Fsp3) is 0.444. The quantitative estimate of drug-likeness (QED) is 0.277. The SMILES string of the molecule is O=C(Oc1ccccc1)c1ccc(C(F)(F)F)c(OC2(C#CC3CCCC3)CCCCC2)c1. The van der Waals surface area contributed by atoms with E-state index < -0.39 is 23.3 Å². The van der Waals surface area contributed by atoms with E-state index in [-0.39, 0.29) is 17.2 Å². The van der Waals surface area contributed by atoms with Crippen molar-refractivity contribution in [2.45, 2.75) is 69.6 Å². The Labute approximate surface area is 192 Å². The van der Waals surface area contributed by atoms with E-state index in [4.69, 9.17) is 9.47 Å². The van der Waals surface area contributed by atoms with Crippen LogP contribution < -0.4 is 9.47 Å². The molecular weight excluding hydrogens is 429 g/mol. The average Bonchev–Trinajstić information content (AvgIpc) is 3.32. The molecule has 0 heterocycles. The standard InChI is InChI=1S/C27H27F3O3/c28-27(29,30)23-14-13-21(25(31)32-22-11-3-1-4-12-22)19-24(23)33-26(16-7-2-8-17-26)18-15-20-9-5-6-10-20/h1,3-4,11-14,19-20H,2,5-10,16-17H2. The Hall–Kier alpha value is -2.94. The molecular formula is C27H27F3O3. The van der Waals surface area contributed by atoms with Crippen LogP contribution in [0.1, 0.15) is 73.7 Å². The van der Waals surface area contributed by atoms with Gasteiger partial charge < -0.3 is 9.47 Å². The van der Waals surface area contributed by atoms with Crippen molar-refractivity contribution in [1.29, 1.82) is 0 Å². The number of rotatable bonds is 4. The van der Waals surface area contributed by atoms with Crippen LogP contribution >= 0.6 is 0 Å². The van der Waals surface area contributed by atoms with Gasteiger partial charge >= 0.3 is 12.1 Å². The third-order valence-electron chi connectivity index (χ3n) is 6.30. The van der Waals surface area contributed by atoms with Crippen molar-refractivity contribution < 1.29 is 27.4 Å². The highest BCUT2D eigenvalue weighted by molar-refractivity contribution is 5.91. The summed E-state index contributed by atoms with van der Waals surface area (Å²) in [7, 11) is 0. The summed E-state index contributed by atoms with van der Waals surface area (Å²) in [6, 6.07) is 11.6. The summed E-state index contributed by atoms with van der Waals surface area (Å²) in [5.41, 5.74) is -1.88. The first-order valence-corrected chi connectivity index (χ1v) is 11.5. The van der Waals surface area contributed by atoms with Crippen LogP contribution in [-0.4, -0.2) is 11.6 Å². The van der Waals surface area contributed by atoms with Gasteiger partial charge in [0, 0.05) is 5.92 Å². The first-order chi connectivity index (χ1) is 15.8. The molecule has 2 fully saturated rings. The van der Waals surface area contributed by atoms with Gasteiger partial charge in [-0.15, -0.1) is 0 Å². The second kappa shape index (κ2) is 9.91. The van der Waals surface area contributed by atoms with Crippen molar-refractivity contribution in [1.82, 2.24) is 0 Å². The minimum Gasteiger partial charge on any atom is -0.474 e. The van der Waals surface area contributed by atoms with Crippen molar-refractivity contribution in [2.24, 2.45) is 5.92 Å².